The molecule has 4 nitrogen and oxygen atoms in total. The largest absolute Gasteiger partial charge is 0.302 e. The topological polar surface area (TPSA) is 45.2 Å². The summed E-state index contributed by atoms with van der Waals surface area (Å²) in [4.78, 5) is 18.6. The van der Waals surface area contributed by atoms with Crippen molar-refractivity contribution in [3.8, 4) is 0 Å². The molecule has 0 radical (unpaired) electrons. The lowest BCUT2D eigenvalue weighted by molar-refractivity contribution is -0.114. The second-order valence-electron chi connectivity index (χ2n) is 3.92. The predicted octanol–water partition coefficient (Wildman–Crippen LogP) is 1.70. The van der Waals surface area contributed by atoms with Crippen molar-refractivity contribution in [3.05, 3.63) is 11.1 Å². The third kappa shape index (κ3) is 2.54. The number of thiazole rings is 1. The molecule has 1 saturated heterocycles. The molecule has 1 atom stereocenters. The molecular formula is C10H15N3OS. The molecule has 1 N–H and O–H groups in total. The first-order valence-electron chi connectivity index (χ1n) is 5.11. The zero-order chi connectivity index (χ0) is 10.8. The van der Waals surface area contributed by atoms with Gasteiger partial charge in [-0.2, -0.15) is 0 Å². The molecule has 0 spiro atoms. The number of carbonyl (C=O) groups is 1. The van der Waals surface area contributed by atoms with Gasteiger partial charge in [0.1, 0.15) is 0 Å². The van der Waals surface area contributed by atoms with Gasteiger partial charge in [0, 0.05) is 37.1 Å². The van der Waals surface area contributed by atoms with Gasteiger partial charge in [0.05, 0.1) is 0 Å². The Labute approximate surface area is 93.3 Å². The number of likely N-dealkylation sites (tertiary alicyclic amines) is 1. The molecule has 15 heavy (non-hydrogen) atoms. The molecule has 1 unspecified atom stereocenters. The molecule has 0 saturated carbocycles. The first kappa shape index (κ1) is 10.6. The molecule has 0 aromatic carbocycles. The monoisotopic (exact) mass is 225 g/mol. The van der Waals surface area contributed by atoms with Gasteiger partial charge in [-0.25, -0.2) is 4.98 Å². The van der Waals surface area contributed by atoms with Crippen molar-refractivity contribution < 1.29 is 4.79 Å². The lowest BCUT2D eigenvalue weighted by Crippen LogP contribution is -2.44. The van der Waals surface area contributed by atoms with Gasteiger partial charge in [-0.1, -0.05) is 0 Å². The minimum absolute atomic E-state index is 0.0618. The molecule has 0 aliphatic carbocycles. The van der Waals surface area contributed by atoms with Crippen LogP contribution in [0.15, 0.2) is 6.20 Å². The Balaban J connectivity index is 1.92. The van der Waals surface area contributed by atoms with E-state index in [1.807, 2.05) is 6.20 Å². The number of carbonyl (C=O) groups excluding carboxylic acids is 1. The standard InChI is InChI=1S/C10H15N3OS/c1-7-3-4-13(7)6-9-5-11-10(15-9)12-8(2)14/h5,7H,3-4,6H2,1-2H3,(H,11,12,14). The van der Waals surface area contributed by atoms with E-state index in [0.717, 1.165) is 6.54 Å². The minimum Gasteiger partial charge on any atom is -0.302 e. The maximum atomic E-state index is 10.8. The van der Waals surface area contributed by atoms with E-state index in [9.17, 15) is 4.79 Å². The third-order valence-corrected chi connectivity index (χ3v) is 3.55. The number of amides is 1. The molecule has 1 aliphatic heterocycles. The lowest BCUT2D eigenvalue weighted by atomic mass is 10.1. The summed E-state index contributed by atoms with van der Waals surface area (Å²) in [5.41, 5.74) is 0. The normalized spacial score (nSPS) is 21.1. The molecule has 1 fully saturated rings. The van der Waals surface area contributed by atoms with E-state index in [4.69, 9.17) is 0 Å². The van der Waals surface area contributed by atoms with Crippen LogP contribution in [0.1, 0.15) is 25.1 Å². The van der Waals surface area contributed by atoms with E-state index >= 15 is 0 Å². The van der Waals surface area contributed by atoms with Crippen LogP contribution in [0.25, 0.3) is 0 Å². The Hall–Kier alpha value is -0.940. The van der Waals surface area contributed by atoms with Gasteiger partial charge >= 0.3 is 0 Å². The highest BCUT2D eigenvalue weighted by Crippen LogP contribution is 2.24. The molecule has 82 valence electrons. The van der Waals surface area contributed by atoms with Crippen LogP contribution in [0.4, 0.5) is 5.13 Å². The van der Waals surface area contributed by atoms with E-state index in [0.29, 0.717) is 11.2 Å². The smallest absolute Gasteiger partial charge is 0.223 e. The molecule has 1 aromatic heterocycles. The minimum atomic E-state index is -0.0618. The van der Waals surface area contributed by atoms with Crippen molar-refractivity contribution in [2.45, 2.75) is 32.9 Å². The number of nitrogens with one attached hydrogen (secondary N) is 1. The molecule has 2 heterocycles. The fourth-order valence-electron chi connectivity index (χ4n) is 1.59. The number of hydrogen-bond donors (Lipinski definition) is 1. The average Bonchev–Trinajstić information content (AvgIpc) is 2.59. The van der Waals surface area contributed by atoms with Crippen molar-refractivity contribution in [2.75, 3.05) is 11.9 Å². The van der Waals surface area contributed by atoms with Crippen molar-refractivity contribution in [2.24, 2.45) is 0 Å². The second kappa shape index (κ2) is 4.28. The summed E-state index contributed by atoms with van der Waals surface area (Å²) in [6, 6.07) is 0.691. The summed E-state index contributed by atoms with van der Waals surface area (Å²) >= 11 is 1.56. The van der Waals surface area contributed by atoms with Crippen LogP contribution in [0.5, 0.6) is 0 Å². The summed E-state index contributed by atoms with van der Waals surface area (Å²) in [6.07, 6.45) is 3.14. The molecule has 1 aliphatic rings. The van der Waals surface area contributed by atoms with Crippen LogP contribution in [-0.2, 0) is 11.3 Å². The van der Waals surface area contributed by atoms with Crippen LogP contribution >= 0.6 is 11.3 Å². The number of hydrogen-bond acceptors (Lipinski definition) is 4. The molecule has 1 amide bonds. The fraction of sp³-hybridized carbons (Fsp3) is 0.600. The quantitative estimate of drug-likeness (QED) is 0.851. The van der Waals surface area contributed by atoms with E-state index in [2.05, 4.69) is 22.1 Å². The van der Waals surface area contributed by atoms with E-state index < -0.39 is 0 Å². The number of anilines is 1. The van der Waals surface area contributed by atoms with Crippen LogP contribution in [0, 0.1) is 0 Å². The van der Waals surface area contributed by atoms with E-state index in [-0.39, 0.29) is 5.91 Å². The first-order chi connectivity index (χ1) is 7.15. The lowest BCUT2D eigenvalue weighted by Gasteiger charge is -2.38. The molecule has 5 heteroatoms. The molecule has 0 bridgehead atoms. The van der Waals surface area contributed by atoms with Crippen molar-refractivity contribution >= 4 is 22.4 Å². The van der Waals surface area contributed by atoms with Gasteiger partial charge in [-0.15, -0.1) is 11.3 Å². The zero-order valence-electron chi connectivity index (χ0n) is 8.99. The summed E-state index contributed by atoms with van der Waals surface area (Å²) in [5.74, 6) is -0.0618. The Bertz CT molecular complexity index is 363. The number of aromatic nitrogens is 1. The average molecular weight is 225 g/mol. The Kier molecular flexibility index (Phi) is 3.02. The second-order valence-corrected chi connectivity index (χ2v) is 5.04. The molecular weight excluding hydrogens is 210 g/mol. The van der Waals surface area contributed by atoms with Crippen molar-refractivity contribution in [1.82, 2.24) is 9.88 Å². The van der Waals surface area contributed by atoms with Crippen molar-refractivity contribution in [3.63, 3.8) is 0 Å². The fourth-order valence-corrected chi connectivity index (χ4v) is 2.48. The Morgan fingerprint density at radius 2 is 2.60 bits per heavy atom. The number of rotatable bonds is 3. The highest BCUT2D eigenvalue weighted by atomic mass is 32.1. The van der Waals surface area contributed by atoms with Crippen LogP contribution in [0.2, 0.25) is 0 Å². The van der Waals surface area contributed by atoms with Gasteiger partial charge in [-0.3, -0.25) is 9.69 Å². The zero-order valence-corrected chi connectivity index (χ0v) is 9.80. The Morgan fingerprint density at radius 1 is 1.80 bits per heavy atom. The SMILES string of the molecule is CC(=O)Nc1ncc(CN2CCC2C)s1. The van der Waals surface area contributed by atoms with Crippen LogP contribution in [0.3, 0.4) is 0 Å². The van der Waals surface area contributed by atoms with Crippen LogP contribution < -0.4 is 5.32 Å². The highest BCUT2D eigenvalue weighted by Gasteiger charge is 2.23. The number of nitrogens with zero attached hydrogens (tertiary/aromatic N) is 2. The maximum absolute atomic E-state index is 10.8. The molecule has 1 aromatic rings. The summed E-state index contributed by atoms with van der Waals surface area (Å²) in [6.45, 7) is 5.87. The van der Waals surface area contributed by atoms with Crippen molar-refractivity contribution in [1.29, 1.82) is 0 Å². The maximum Gasteiger partial charge on any atom is 0.223 e. The van der Waals surface area contributed by atoms with Crippen LogP contribution in [-0.4, -0.2) is 28.4 Å². The van der Waals surface area contributed by atoms with Gasteiger partial charge in [0.15, 0.2) is 5.13 Å². The Morgan fingerprint density at radius 3 is 3.13 bits per heavy atom. The van der Waals surface area contributed by atoms with Gasteiger partial charge in [-0.05, 0) is 13.3 Å². The van der Waals surface area contributed by atoms with E-state index in [1.165, 1.54) is 24.8 Å². The first-order valence-corrected chi connectivity index (χ1v) is 5.93. The highest BCUT2D eigenvalue weighted by molar-refractivity contribution is 7.15. The van der Waals surface area contributed by atoms with E-state index in [1.54, 1.807) is 11.3 Å². The summed E-state index contributed by atoms with van der Waals surface area (Å²) in [7, 11) is 0. The van der Waals surface area contributed by atoms with Gasteiger partial charge in [0.25, 0.3) is 0 Å². The van der Waals surface area contributed by atoms with Gasteiger partial charge in [0.2, 0.25) is 5.91 Å². The summed E-state index contributed by atoms with van der Waals surface area (Å²) < 4.78 is 0. The predicted molar refractivity (Wildman–Crippen MR) is 60.9 cm³/mol. The van der Waals surface area contributed by atoms with Gasteiger partial charge < -0.3 is 5.32 Å². The molecule has 2 rings (SSSR count). The third-order valence-electron chi connectivity index (χ3n) is 2.65. The summed E-state index contributed by atoms with van der Waals surface area (Å²) in [5, 5.41) is 3.40.